The molecule has 0 unspecified atom stereocenters. The summed E-state index contributed by atoms with van der Waals surface area (Å²) in [7, 11) is 0. The standard InChI is InChI=1S/C110H114BN3O/c1-103(2,3)77-43-47-92-88(65-77)89-66-78(104(4,5)6)44-48-93(89)113(92)94-39-31-37-86-87-38-32-40-95(102(87)115-101(86)94)114-97-59-70(74-52-81(107(13,14)15)63-82(53-74)108(16,17)18)42-46-91(97)111-90-45-41-69(73-50-79(105(7,8)9)62-80(51-73)106(10,11)12)58-96(90)112(85-56-71(67-33-27-25-28-34-67)49-72(57-85)68-35-29-26-30-36-68)98-60-76(61-99(114)100(98)111)75-54-83(109(19,20)21)64-84(55-75)110(22,23)24/h25-66H,1-24H3. The largest absolute Gasteiger partial charge is 0.452 e. The van der Waals surface area contributed by atoms with E-state index in [4.69, 9.17) is 4.42 Å². The van der Waals surface area contributed by atoms with Crippen LogP contribution in [0.1, 0.15) is 211 Å². The number of aromatic nitrogens is 1. The summed E-state index contributed by atoms with van der Waals surface area (Å²) < 4.78 is 10.5. The van der Waals surface area contributed by atoms with Crippen molar-refractivity contribution in [2.75, 3.05) is 9.80 Å². The van der Waals surface area contributed by atoms with Crippen LogP contribution in [0, 0.1) is 0 Å². The molecule has 0 saturated heterocycles. The van der Waals surface area contributed by atoms with Gasteiger partial charge in [0.05, 0.1) is 22.4 Å². The highest BCUT2D eigenvalue weighted by Crippen LogP contribution is 2.53. The lowest BCUT2D eigenvalue weighted by molar-refractivity contribution is 0.568. The number of furan rings is 1. The lowest BCUT2D eigenvalue weighted by atomic mass is 9.33. The molecule has 0 aliphatic carbocycles. The molecule has 115 heavy (non-hydrogen) atoms. The zero-order valence-corrected chi connectivity index (χ0v) is 72.6. The van der Waals surface area contributed by atoms with Gasteiger partial charge in [0, 0.05) is 50.0 Å². The Bertz CT molecular complexity index is 6190. The SMILES string of the molecule is CC(C)(C)c1cc(-c2ccc3c(c2)N(c2cc(-c4ccccc4)cc(-c4ccccc4)c2)c2cc(-c4cc(C(C)(C)C)cc(C(C)(C)C)c4)cc4c2B3c2ccc(-c3cc(C(C)(C)C)cc(C(C)(C)C)c3)cc2N4c2cccc3c2oc2c(-n4c5ccc(C(C)(C)C)cc5c5cc(C(C)(C)C)ccc54)cccc23)cc(C(C)(C)C)c1. The summed E-state index contributed by atoms with van der Waals surface area (Å²) in [6.45, 7) is 56.2. The molecule has 0 saturated carbocycles. The number of nitrogens with zero attached hydrogens (tertiary/aromatic N) is 3. The van der Waals surface area contributed by atoms with Crippen LogP contribution in [-0.2, 0) is 43.3 Å². The molecule has 0 N–H and O–H groups in total. The molecule has 4 nitrogen and oxygen atoms in total. The third kappa shape index (κ3) is 13.7. The normalized spacial score (nSPS) is 13.7. The second-order valence-corrected chi connectivity index (χ2v) is 41.7. The van der Waals surface area contributed by atoms with Crippen molar-refractivity contribution in [1.29, 1.82) is 0 Å². The van der Waals surface area contributed by atoms with Gasteiger partial charge in [0.2, 0.25) is 0 Å². The predicted molar refractivity (Wildman–Crippen MR) is 499 cm³/mol. The first-order valence-corrected chi connectivity index (χ1v) is 41.9. The van der Waals surface area contributed by atoms with Crippen LogP contribution < -0.4 is 26.2 Å². The molecule has 0 amide bonds. The lowest BCUT2D eigenvalue weighted by Crippen LogP contribution is -2.61. The van der Waals surface area contributed by atoms with Crippen LogP contribution in [0.2, 0.25) is 0 Å². The van der Waals surface area contributed by atoms with Crippen LogP contribution in [0.25, 0.3) is 105 Å². The highest BCUT2D eigenvalue weighted by molar-refractivity contribution is 7.00. The molecule has 578 valence electrons. The molecular weight excluding hydrogens is 1390 g/mol. The molecule has 0 fully saturated rings. The summed E-state index contributed by atoms with van der Waals surface area (Å²) in [5.41, 5.74) is 36.6. The molecule has 2 aliphatic rings. The highest BCUT2D eigenvalue weighted by Gasteiger charge is 2.45. The Morgan fingerprint density at radius 3 is 0.939 bits per heavy atom. The Balaban J connectivity index is 1.03. The fourth-order valence-corrected chi connectivity index (χ4v) is 17.7. The van der Waals surface area contributed by atoms with Gasteiger partial charge in [-0.2, -0.15) is 0 Å². The number of hydrogen-bond acceptors (Lipinski definition) is 3. The molecule has 0 spiro atoms. The number of anilines is 6. The minimum absolute atomic E-state index is 0.0515. The molecule has 5 heteroatoms. The van der Waals surface area contributed by atoms with Gasteiger partial charge < -0.3 is 18.8 Å². The third-order valence-electron chi connectivity index (χ3n) is 24.9. The topological polar surface area (TPSA) is 24.6 Å². The van der Waals surface area contributed by atoms with E-state index in [1.807, 2.05) is 0 Å². The molecule has 2 aliphatic heterocycles. The summed E-state index contributed by atoms with van der Waals surface area (Å²) in [6, 6.07) is 99.7. The van der Waals surface area contributed by atoms with Crippen LogP contribution in [-0.4, -0.2) is 11.3 Å². The van der Waals surface area contributed by atoms with Gasteiger partial charge in [-0.25, -0.2) is 0 Å². The molecule has 2 aromatic heterocycles. The zero-order chi connectivity index (χ0) is 81.5. The van der Waals surface area contributed by atoms with Crippen molar-refractivity contribution in [3.63, 3.8) is 0 Å². The smallest absolute Gasteiger partial charge is 0.252 e. The summed E-state index contributed by atoms with van der Waals surface area (Å²) in [4.78, 5) is 5.31. The maximum Gasteiger partial charge on any atom is 0.252 e. The number of para-hydroxylation sites is 2. The fourth-order valence-electron chi connectivity index (χ4n) is 17.7. The van der Waals surface area contributed by atoms with E-state index in [9.17, 15) is 0 Å². The van der Waals surface area contributed by atoms with Crippen LogP contribution in [0.3, 0.4) is 0 Å². The molecule has 17 rings (SSSR count). The molecule has 0 bridgehead atoms. The van der Waals surface area contributed by atoms with Crippen molar-refractivity contribution >= 4 is 101 Å². The number of fused-ring (bicyclic) bond motifs is 10. The van der Waals surface area contributed by atoms with Crippen molar-refractivity contribution in [2.45, 2.75) is 209 Å². The van der Waals surface area contributed by atoms with Gasteiger partial charge in [-0.1, -0.05) is 342 Å². The Kier molecular flexibility index (Phi) is 17.9. The van der Waals surface area contributed by atoms with Crippen molar-refractivity contribution in [2.24, 2.45) is 0 Å². The summed E-state index contributed by atoms with van der Waals surface area (Å²) >= 11 is 0. The van der Waals surface area contributed by atoms with Gasteiger partial charge in [-0.15, -0.1) is 0 Å². The molecule has 15 aromatic rings. The van der Waals surface area contributed by atoms with Crippen molar-refractivity contribution in [3.05, 3.63) is 299 Å². The van der Waals surface area contributed by atoms with Crippen molar-refractivity contribution in [3.8, 4) is 61.3 Å². The van der Waals surface area contributed by atoms with Gasteiger partial charge in [0.25, 0.3) is 6.71 Å². The van der Waals surface area contributed by atoms with Crippen LogP contribution >= 0.6 is 0 Å². The first kappa shape index (κ1) is 76.7. The Morgan fingerprint density at radius 2 is 0.548 bits per heavy atom. The second-order valence-electron chi connectivity index (χ2n) is 41.7. The van der Waals surface area contributed by atoms with E-state index >= 15 is 0 Å². The number of hydrogen-bond donors (Lipinski definition) is 0. The Morgan fingerprint density at radius 1 is 0.217 bits per heavy atom. The summed E-state index contributed by atoms with van der Waals surface area (Å²) in [5.74, 6) is 0. The highest BCUT2D eigenvalue weighted by atomic mass is 16.3. The first-order valence-electron chi connectivity index (χ1n) is 41.9. The average molecular weight is 1500 g/mol. The van der Waals surface area contributed by atoms with E-state index in [0.717, 1.165) is 106 Å². The van der Waals surface area contributed by atoms with E-state index in [-0.39, 0.29) is 50.0 Å². The van der Waals surface area contributed by atoms with Crippen molar-refractivity contribution < 1.29 is 4.42 Å². The minimum atomic E-state index is -0.233. The van der Waals surface area contributed by atoms with Gasteiger partial charge in [0.15, 0.2) is 11.2 Å². The van der Waals surface area contributed by atoms with Gasteiger partial charge in [-0.05, 0) is 239 Å². The molecule has 0 atom stereocenters. The van der Waals surface area contributed by atoms with E-state index in [1.54, 1.807) is 0 Å². The molecular formula is C110H114BN3O. The van der Waals surface area contributed by atoms with Crippen LogP contribution in [0.4, 0.5) is 34.1 Å². The van der Waals surface area contributed by atoms with E-state index < -0.39 is 0 Å². The van der Waals surface area contributed by atoms with Gasteiger partial charge >= 0.3 is 0 Å². The maximum atomic E-state index is 8.01. The predicted octanol–water partition coefficient (Wildman–Crippen LogP) is 29.5. The van der Waals surface area contributed by atoms with E-state index in [1.165, 1.54) is 93.9 Å². The second kappa shape index (κ2) is 26.9. The molecule has 13 aromatic carbocycles. The van der Waals surface area contributed by atoms with E-state index in [2.05, 4.69) is 435 Å². The number of rotatable bonds is 8. The van der Waals surface area contributed by atoms with Gasteiger partial charge in [-0.3, -0.25) is 0 Å². The maximum absolute atomic E-state index is 8.01. The fraction of sp³-hybridized carbons (Fsp3) is 0.291. The van der Waals surface area contributed by atoms with E-state index in [0.29, 0.717) is 0 Å². The molecule has 0 radical (unpaired) electrons. The first-order chi connectivity index (χ1) is 54.0. The number of benzene rings is 13. The Hall–Kier alpha value is -10.9. The van der Waals surface area contributed by atoms with Crippen molar-refractivity contribution in [1.82, 2.24) is 4.57 Å². The quantitative estimate of drug-likeness (QED) is 0.142. The van der Waals surface area contributed by atoms with Crippen LogP contribution in [0.15, 0.2) is 259 Å². The summed E-state index contributed by atoms with van der Waals surface area (Å²) in [6.07, 6.45) is 0. The monoisotopic (exact) mass is 1500 g/mol. The van der Waals surface area contributed by atoms with Crippen LogP contribution in [0.5, 0.6) is 0 Å². The lowest BCUT2D eigenvalue weighted by Gasteiger charge is -2.45. The zero-order valence-electron chi connectivity index (χ0n) is 72.6. The molecule has 4 heterocycles. The Labute approximate surface area is 685 Å². The average Bonchev–Trinajstić information content (AvgIpc) is 1.01. The minimum Gasteiger partial charge on any atom is -0.452 e. The van der Waals surface area contributed by atoms with Gasteiger partial charge in [0.1, 0.15) is 0 Å². The third-order valence-corrected chi connectivity index (χ3v) is 24.9. The summed E-state index contributed by atoms with van der Waals surface area (Å²) in [5, 5.41) is 4.61.